The third-order valence-corrected chi connectivity index (χ3v) is 5.36. The quantitative estimate of drug-likeness (QED) is 0.598. The van der Waals surface area contributed by atoms with Crippen LogP contribution in [0.3, 0.4) is 0 Å². The molecule has 0 amide bonds. The third-order valence-electron chi connectivity index (χ3n) is 4.35. The van der Waals surface area contributed by atoms with Crippen LogP contribution in [0, 0.1) is 19.7 Å². The fourth-order valence-corrected chi connectivity index (χ4v) is 4.03. The number of aryl methyl sites for hydroxylation is 2. The summed E-state index contributed by atoms with van der Waals surface area (Å²) in [4.78, 5) is 23.6. The van der Waals surface area contributed by atoms with Gasteiger partial charge in [-0.15, -0.1) is 11.3 Å². The molecule has 3 heterocycles. The van der Waals surface area contributed by atoms with Crippen molar-refractivity contribution in [3.05, 3.63) is 63.3 Å². The van der Waals surface area contributed by atoms with Crippen molar-refractivity contribution < 1.29 is 4.39 Å². The van der Waals surface area contributed by atoms with Crippen LogP contribution in [-0.4, -0.2) is 24.7 Å². The van der Waals surface area contributed by atoms with E-state index in [0.29, 0.717) is 21.9 Å². The normalized spacial score (nSPS) is 12.6. The summed E-state index contributed by atoms with van der Waals surface area (Å²) in [6.45, 7) is 5.60. The van der Waals surface area contributed by atoms with Gasteiger partial charge in [-0.3, -0.25) is 14.5 Å². The van der Waals surface area contributed by atoms with Crippen LogP contribution < -0.4 is 5.56 Å². The van der Waals surface area contributed by atoms with E-state index in [-0.39, 0.29) is 17.4 Å². The molecule has 0 aliphatic carbocycles. The lowest BCUT2D eigenvalue weighted by Crippen LogP contribution is -2.25. The van der Waals surface area contributed by atoms with Gasteiger partial charge in [0, 0.05) is 10.4 Å². The van der Waals surface area contributed by atoms with Crippen LogP contribution in [0.2, 0.25) is 0 Å². The molecule has 6 nitrogen and oxygen atoms in total. The van der Waals surface area contributed by atoms with E-state index in [2.05, 4.69) is 20.2 Å². The maximum atomic E-state index is 13.3. The Morgan fingerprint density at radius 1 is 1.23 bits per heavy atom. The van der Waals surface area contributed by atoms with Gasteiger partial charge in [0.1, 0.15) is 16.5 Å². The van der Waals surface area contributed by atoms with Crippen molar-refractivity contribution >= 4 is 21.6 Å². The van der Waals surface area contributed by atoms with Crippen molar-refractivity contribution in [1.29, 1.82) is 0 Å². The van der Waals surface area contributed by atoms with Gasteiger partial charge in [0.25, 0.3) is 5.56 Å². The second-order valence-corrected chi connectivity index (χ2v) is 7.34. The standard InChI is InChI=1S/C18H16FN5OS/c1-9(16-21-11(3)22-23-16)24-8-20-17-15(18(24)25)14(10(2)26-17)12-4-6-13(19)7-5-12/h4-9H,1-3H3,(H,21,22,23)/t9-/m1/s1. The Hall–Kier alpha value is -2.87. The number of aromatic nitrogens is 5. The topological polar surface area (TPSA) is 76.5 Å². The van der Waals surface area contributed by atoms with Crippen molar-refractivity contribution in [3.8, 4) is 11.1 Å². The lowest BCUT2D eigenvalue weighted by atomic mass is 10.0. The van der Waals surface area contributed by atoms with Crippen LogP contribution in [0.15, 0.2) is 35.4 Å². The summed E-state index contributed by atoms with van der Waals surface area (Å²) >= 11 is 1.46. The molecule has 1 N–H and O–H groups in total. The van der Waals surface area contributed by atoms with E-state index in [1.54, 1.807) is 12.1 Å². The highest BCUT2D eigenvalue weighted by Gasteiger charge is 2.20. The maximum absolute atomic E-state index is 13.3. The Kier molecular flexibility index (Phi) is 3.91. The maximum Gasteiger partial charge on any atom is 0.263 e. The van der Waals surface area contributed by atoms with E-state index >= 15 is 0 Å². The third kappa shape index (κ3) is 2.62. The van der Waals surface area contributed by atoms with Gasteiger partial charge >= 0.3 is 0 Å². The molecule has 1 aromatic carbocycles. The van der Waals surface area contributed by atoms with E-state index in [4.69, 9.17) is 0 Å². The first-order chi connectivity index (χ1) is 12.5. The molecule has 0 spiro atoms. The molecule has 3 aromatic heterocycles. The van der Waals surface area contributed by atoms with E-state index < -0.39 is 0 Å². The monoisotopic (exact) mass is 369 g/mol. The zero-order valence-corrected chi connectivity index (χ0v) is 15.3. The van der Waals surface area contributed by atoms with Gasteiger partial charge in [-0.05, 0) is 38.5 Å². The number of hydrogen-bond acceptors (Lipinski definition) is 5. The highest BCUT2D eigenvalue weighted by Crippen LogP contribution is 2.35. The number of halogens is 1. The second kappa shape index (κ2) is 6.14. The SMILES string of the molecule is Cc1nc([C@@H](C)n2cnc3sc(C)c(-c4ccc(F)cc4)c3c2=O)n[nH]1. The number of H-pyrrole nitrogens is 1. The summed E-state index contributed by atoms with van der Waals surface area (Å²) in [5, 5.41) is 7.48. The van der Waals surface area contributed by atoms with E-state index in [0.717, 1.165) is 16.0 Å². The fraction of sp³-hybridized carbons (Fsp3) is 0.222. The van der Waals surface area contributed by atoms with Crippen LogP contribution in [0.4, 0.5) is 4.39 Å². The molecule has 0 aliphatic rings. The lowest BCUT2D eigenvalue weighted by molar-refractivity contribution is 0.577. The van der Waals surface area contributed by atoms with Crippen LogP contribution >= 0.6 is 11.3 Å². The summed E-state index contributed by atoms with van der Waals surface area (Å²) in [5.74, 6) is 0.906. The summed E-state index contributed by atoms with van der Waals surface area (Å²) in [6.07, 6.45) is 1.53. The molecule has 0 bridgehead atoms. The van der Waals surface area contributed by atoms with Crippen LogP contribution in [0.25, 0.3) is 21.3 Å². The fourth-order valence-electron chi connectivity index (χ4n) is 3.03. The van der Waals surface area contributed by atoms with Gasteiger partial charge in [-0.1, -0.05) is 12.1 Å². The molecule has 4 aromatic rings. The predicted molar refractivity (Wildman–Crippen MR) is 98.9 cm³/mol. The molecule has 0 aliphatic heterocycles. The number of benzene rings is 1. The average Bonchev–Trinajstić information content (AvgIpc) is 3.19. The van der Waals surface area contributed by atoms with Crippen molar-refractivity contribution in [2.75, 3.05) is 0 Å². The molecule has 26 heavy (non-hydrogen) atoms. The Bertz CT molecular complexity index is 1160. The minimum absolute atomic E-state index is 0.159. The molecule has 0 radical (unpaired) electrons. The van der Waals surface area contributed by atoms with Crippen LogP contribution in [0.5, 0.6) is 0 Å². The van der Waals surface area contributed by atoms with Gasteiger partial charge in [-0.2, -0.15) is 5.10 Å². The minimum atomic E-state index is -0.356. The van der Waals surface area contributed by atoms with E-state index in [1.165, 1.54) is 34.4 Å². The number of nitrogens with one attached hydrogen (secondary N) is 1. The largest absolute Gasteiger partial charge is 0.288 e. The Balaban J connectivity index is 1.93. The summed E-state index contributed by atoms with van der Waals surface area (Å²) in [5.41, 5.74) is 1.44. The first-order valence-electron chi connectivity index (χ1n) is 8.10. The Morgan fingerprint density at radius 2 is 1.96 bits per heavy atom. The van der Waals surface area contributed by atoms with Gasteiger partial charge in [0.15, 0.2) is 5.82 Å². The number of fused-ring (bicyclic) bond motifs is 1. The Morgan fingerprint density at radius 3 is 2.62 bits per heavy atom. The van der Waals surface area contributed by atoms with E-state index in [1.807, 2.05) is 20.8 Å². The Labute approximate surface area is 152 Å². The number of nitrogens with zero attached hydrogens (tertiary/aromatic N) is 4. The zero-order chi connectivity index (χ0) is 18.4. The molecule has 1 atom stereocenters. The van der Waals surface area contributed by atoms with Gasteiger partial charge in [0.2, 0.25) is 0 Å². The highest BCUT2D eigenvalue weighted by molar-refractivity contribution is 7.19. The summed E-state index contributed by atoms with van der Waals surface area (Å²) in [7, 11) is 0. The summed E-state index contributed by atoms with van der Waals surface area (Å²) < 4.78 is 14.8. The first kappa shape index (κ1) is 16.6. The second-order valence-electron chi connectivity index (χ2n) is 6.13. The number of rotatable bonds is 3. The van der Waals surface area contributed by atoms with Gasteiger partial charge in [-0.25, -0.2) is 14.4 Å². The molecular formula is C18H16FN5OS. The highest BCUT2D eigenvalue weighted by atomic mass is 32.1. The predicted octanol–water partition coefficient (Wildman–Crippen LogP) is 3.61. The van der Waals surface area contributed by atoms with Gasteiger partial charge < -0.3 is 0 Å². The molecule has 4 rings (SSSR count). The molecule has 0 saturated carbocycles. The number of thiophene rings is 1. The lowest BCUT2D eigenvalue weighted by Gasteiger charge is -2.11. The first-order valence-corrected chi connectivity index (χ1v) is 8.92. The van der Waals surface area contributed by atoms with Crippen molar-refractivity contribution in [1.82, 2.24) is 24.7 Å². The smallest absolute Gasteiger partial charge is 0.263 e. The molecule has 132 valence electrons. The van der Waals surface area contributed by atoms with Crippen molar-refractivity contribution in [2.24, 2.45) is 0 Å². The zero-order valence-electron chi connectivity index (χ0n) is 14.4. The van der Waals surface area contributed by atoms with Gasteiger partial charge in [0.05, 0.1) is 17.8 Å². The van der Waals surface area contributed by atoms with Crippen molar-refractivity contribution in [3.63, 3.8) is 0 Å². The molecule has 0 unspecified atom stereocenters. The molecular weight excluding hydrogens is 353 g/mol. The average molecular weight is 369 g/mol. The van der Waals surface area contributed by atoms with Crippen LogP contribution in [0.1, 0.15) is 29.5 Å². The molecule has 0 saturated heterocycles. The van der Waals surface area contributed by atoms with Crippen LogP contribution in [-0.2, 0) is 0 Å². The number of aromatic amines is 1. The summed E-state index contributed by atoms with van der Waals surface area (Å²) in [6, 6.07) is 5.80. The molecule has 0 fully saturated rings. The van der Waals surface area contributed by atoms with E-state index in [9.17, 15) is 9.18 Å². The molecule has 8 heteroatoms. The number of hydrogen-bond donors (Lipinski definition) is 1. The van der Waals surface area contributed by atoms with Crippen molar-refractivity contribution in [2.45, 2.75) is 26.8 Å². The minimum Gasteiger partial charge on any atom is -0.288 e.